The van der Waals surface area contributed by atoms with Crippen LogP contribution >= 0.6 is 0 Å². The molecule has 0 bridgehead atoms. The van der Waals surface area contributed by atoms with E-state index in [-0.39, 0.29) is 0 Å². The SMILES string of the molecule is FC(F)(F)c1[nH]cc2c1CC1=CC=CCC1C2. The second-order valence-corrected chi connectivity index (χ2v) is 4.65. The van der Waals surface area contributed by atoms with Gasteiger partial charge in [-0.3, -0.25) is 0 Å². The molecule has 17 heavy (non-hydrogen) atoms. The molecule has 0 aliphatic heterocycles. The Bertz CT molecular complexity index is 505. The van der Waals surface area contributed by atoms with Crippen LogP contribution in [0.2, 0.25) is 0 Å². The highest BCUT2D eigenvalue weighted by Gasteiger charge is 2.38. The summed E-state index contributed by atoms with van der Waals surface area (Å²) in [6.07, 6.45) is 5.33. The minimum absolute atomic E-state index is 0.393. The van der Waals surface area contributed by atoms with E-state index in [9.17, 15) is 13.2 Å². The molecule has 3 rings (SSSR count). The number of H-pyrrole nitrogens is 1. The minimum Gasteiger partial charge on any atom is -0.357 e. The lowest BCUT2D eigenvalue weighted by Gasteiger charge is -2.27. The number of hydrogen-bond acceptors (Lipinski definition) is 0. The zero-order valence-electron chi connectivity index (χ0n) is 9.14. The smallest absolute Gasteiger partial charge is 0.357 e. The van der Waals surface area contributed by atoms with Crippen LogP contribution in [-0.2, 0) is 19.0 Å². The number of aromatic nitrogens is 1. The first-order chi connectivity index (χ1) is 8.05. The van der Waals surface area contributed by atoms with Gasteiger partial charge in [-0.25, -0.2) is 0 Å². The van der Waals surface area contributed by atoms with Gasteiger partial charge in [-0.15, -0.1) is 0 Å². The normalized spacial score (nSPS) is 23.0. The average molecular weight is 239 g/mol. The molecular formula is C13H12F3N. The third-order valence-electron chi connectivity index (χ3n) is 3.60. The highest BCUT2D eigenvalue weighted by atomic mass is 19.4. The lowest BCUT2D eigenvalue weighted by Crippen LogP contribution is -2.19. The molecule has 4 heteroatoms. The minimum atomic E-state index is -4.27. The summed E-state index contributed by atoms with van der Waals surface area (Å²) in [4.78, 5) is 2.39. The van der Waals surface area contributed by atoms with E-state index < -0.39 is 11.9 Å². The van der Waals surface area contributed by atoms with Gasteiger partial charge >= 0.3 is 6.18 Å². The largest absolute Gasteiger partial charge is 0.431 e. The molecule has 0 fully saturated rings. The Morgan fingerprint density at radius 2 is 2.12 bits per heavy atom. The van der Waals surface area contributed by atoms with Gasteiger partial charge in [0.15, 0.2) is 0 Å². The summed E-state index contributed by atoms with van der Waals surface area (Å²) < 4.78 is 38.3. The molecule has 2 aliphatic rings. The lowest BCUT2D eigenvalue weighted by atomic mass is 9.77. The summed E-state index contributed by atoms with van der Waals surface area (Å²) in [5, 5.41) is 0. The third kappa shape index (κ3) is 1.72. The topological polar surface area (TPSA) is 15.8 Å². The van der Waals surface area contributed by atoms with Crippen LogP contribution in [0.3, 0.4) is 0 Å². The number of hydrogen-bond donors (Lipinski definition) is 1. The van der Waals surface area contributed by atoms with E-state index in [1.807, 2.05) is 12.2 Å². The summed E-state index contributed by atoms with van der Waals surface area (Å²) in [5.41, 5.74) is 1.83. The molecule has 90 valence electrons. The molecule has 0 saturated carbocycles. The van der Waals surface area contributed by atoms with E-state index in [4.69, 9.17) is 0 Å². The summed E-state index contributed by atoms with van der Waals surface area (Å²) in [5.74, 6) is 0.393. The van der Waals surface area contributed by atoms with Gasteiger partial charge in [-0.05, 0) is 36.3 Å². The Morgan fingerprint density at radius 1 is 1.29 bits per heavy atom. The van der Waals surface area contributed by atoms with Crippen LogP contribution in [0.5, 0.6) is 0 Å². The first kappa shape index (κ1) is 10.7. The fraction of sp³-hybridized carbons (Fsp3) is 0.385. The molecule has 1 N–H and O–H groups in total. The Hall–Kier alpha value is -1.45. The van der Waals surface area contributed by atoms with Crippen molar-refractivity contribution >= 4 is 0 Å². The maximum absolute atomic E-state index is 12.8. The second-order valence-electron chi connectivity index (χ2n) is 4.65. The van der Waals surface area contributed by atoms with Gasteiger partial charge in [-0.1, -0.05) is 23.8 Å². The van der Waals surface area contributed by atoms with Crippen LogP contribution in [0.1, 0.15) is 23.2 Å². The molecule has 1 nitrogen and oxygen atoms in total. The second kappa shape index (κ2) is 3.52. The molecule has 0 saturated heterocycles. The van der Waals surface area contributed by atoms with Crippen molar-refractivity contribution in [2.45, 2.75) is 25.4 Å². The van der Waals surface area contributed by atoms with E-state index in [1.54, 1.807) is 0 Å². The first-order valence-electron chi connectivity index (χ1n) is 5.67. The van der Waals surface area contributed by atoms with Crippen LogP contribution in [0, 0.1) is 5.92 Å². The van der Waals surface area contributed by atoms with Crippen LogP contribution in [0.4, 0.5) is 13.2 Å². The van der Waals surface area contributed by atoms with E-state index in [1.165, 1.54) is 6.20 Å². The van der Waals surface area contributed by atoms with Crippen molar-refractivity contribution in [3.63, 3.8) is 0 Å². The Kier molecular flexibility index (Phi) is 2.21. The van der Waals surface area contributed by atoms with Crippen LogP contribution in [0.15, 0.2) is 30.0 Å². The van der Waals surface area contributed by atoms with Crippen molar-refractivity contribution in [3.05, 3.63) is 46.8 Å². The molecule has 1 atom stereocenters. The summed E-state index contributed by atoms with van der Waals surface area (Å²) in [7, 11) is 0. The Labute approximate surface area is 97.0 Å². The number of allylic oxidation sites excluding steroid dienone is 4. The maximum Gasteiger partial charge on any atom is 0.431 e. The summed E-state index contributed by atoms with van der Waals surface area (Å²) >= 11 is 0. The van der Waals surface area contributed by atoms with Crippen molar-refractivity contribution in [3.8, 4) is 0 Å². The van der Waals surface area contributed by atoms with Crippen molar-refractivity contribution in [1.29, 1.82) is 0 Å². The first-order valence-corrected chi connectivity index (χ1v) is 5.67. The van der Waals surface area contributed by atoms with Crippen LogP contribution < -0.4 is 0 Å². The fourth-order valence-corrected chi connectivity index (χ4v) is 2.74. The predicted octanol–water partition coefficient (Wildman–Crippen LogP) is 3.63. The zero-order valence-corrected chi connectivity index (χ0v) is 9.14. The molecule has 0 aromatic carbocycles. The standard InChI is InChI=1S/C13H12F3N/c14-13(15,16)12-11-6-9-4-2-1-3-8(9)5-10(11)7-17-12/h1-2,4,7-8,17H,3,5-6H2. The average Bonchev–Trinajstić information content (AvgIpc) is 2.68. The molecule has 1 unspecified atom stereocenters. The molecule has 1 heterocycles. The van der Waals surface area contributed by atoms with Gasteiger partial charge in [0, 0.05) is 6.20 Å². The summed E-state index contributed by atoms with van der Waals surface area (Å²) in [6, 6.07) is 0. The molecule has 2 aliphatic carbocycles. The number of halogens is 3. The third-order valence-corrected chi connectivity index (χ3v) is 3.60. The van der Waals surface area contributed by atoms with Gasteiger partial charge in [0.1, 0.15) is 5.69 Å². The van der Waals surface area contributed by atoms with E-state index in [0.717, 1.165) is 24.0 Å². The quantitative estimate of drug-likeness (QED) is 0.711. The van der Waals surface area contributed by atoms with E-state index in [0.29, 0.717) is 17.9 Å². The van der Waals surface area contributed by atoms with Gasteiger partial charge < -0.3 is 4.98 Å². The highest BCUT2D eigenvalue weighted by molar-refractivity contribution is 5.42. The number of aromatic amines is 1. The molecule has 0 spiro atoms. The van der Waals surface area contributed by atoms with Crippen molar-refractivity contribution in [1.82, 2.24) is 4.98 Å². The molecule has 1 aromatic heterocycles. The van der Waals surface area contributed by atoms with Crippen LogP contribution in [-0.4, -0.2) is 4.98 Å². The molecule has 0 amide bonds. The predicted molar refractivity (Wildman–Crippen MR) is 58.5 cm³/mol. The van der Waals surface area contributed by atoms with Crippen molar-refractivity contribution in [2.75, 3.05) is 0 Å². The van der Waals surface area contributed by atoms with Gasteiger partial charge in [-0.2, -0.15) is 13.2 Å². The molecule has 0 radical (unpaired) electrons. The molecular weight excluding hydrogens is 227 g/mol. The number of fused-ring (bicyclic) bond motifs is 2. The highest BCUT2D eigenvalue weighted by Crippen LogP contribution is 2.40. The van der Waals surface area contributed by atoms with Gasteiger partial charge in [0.25, 0.3) is 0 Å². The van der Waals surface area contributed by atoms with Crippen molar-refractivity contribution < 1.29 is 13.2 Å². The summed E-state index contributed by atoms with van der Waals surface area (Å²) in [6.45, 7) is 0. The fourth-order valence-electron chi connectivity index (χ4n) is 2.74. The van der Waals surface area contributed by atoms with E-state index in [2.05, 4.69) is 11.1 Å². The van der Waals surface area contributed by atoms with Crippen LogP contribution in [0.25, 0.3) is 0 Å². The maximum atomic E-state index is 12.8. The molecule has 1 aromatic rings. The monoisotopic (exact) mass is 239 g/mol. The lowest BCUT2D eigenvalue weighted by molar-refractivity contribution is -0.141. The van der Waals surface area contributed by atoms with E-state index >= 15 is 0 Å². The van der Waals surface area contributed by atoms with Gasteiger partial charge in [0.05, 0.1) is 0 Å². The number of alkyl halides is 3. The number of nitrogens with one attached hydrogen (secondary N) is 1. The van der Waals surface area contributed by atoms with Crippen molar-refractivity contribution in [2.24, 2.45) is 5.92 Å². The Morgan fingerprint density at radius 3 is 2.88 bits per heavy atom. The number of rotatable bonds is 0. The zero-order chi connectivity index (χ0) is 12.0. The Balaban J connectivity index is 2.03. The van der Waals surface area contributed by atoms with Gasteiger partial charge in [0.2, 0.25) is 0 Å².